The molecule has 5 heteroatoms. The molecular weight excluding hydrogens is 400 g/mol. The molecule has 0 saturated heterocycles. The van der Waals surface area contributed by atoms with Crippen LogP contribution in [0.3, 0.4) is 0 Å². The number of carbonyl (C=O) groups is 2. The number of anilines is 3. The van der Waals surface area contributed by atoms with E-state index in [9.17, 15) is 9.59 Å². The Balaban J connectivity index is 1.62. The Morgan fingerprint density at radius 2 is 1.41 bits per heavy atom. The zero-order valence-corrected chi connectivity index (χ0v) is 18.0. The number of hydrogen-bond donors (Lipinski definition) is 1. The van der Waals surface area contributed by atoms with Gasteiger partial charge in [-0.25, -0.2) is 0 Å². The number of hydrogen-bond acceptors (Lipinski definition) is 3. The Kier molecular flexibility index (Phi) is 6.66. The van der Waals surface area contributed by atoms with Crippen LogP contribution in [0.25, 0.3) is 0 Å². The average molecular weight is 427 g/mol. The summed E-state index contributed by atoms with van der Waals surface area (Å²) in [6, 6.07) is 26.4. The predicted molar refractivity (Wildman–Crippen MR) is 127 cm³/mol. The minimum atomic E-state index is -0.467. The highest BCUT2D eigenvalue weighted by atomic mass is 16.5. The van der Waals surface area contributed by atoms with Crippen LogP contribution >= 0.6 is 0 Å². The second kappa shape index (κ2) is 9.96. The highest BCUT2D eigenvalue weighted by Gasteiger charge is 2.37. The molecule has 2 amide bonds. The van der Waals surface area contributed by atoms with E-state index < -0.39 is 11.8 Å². The molecule has 0 aromatic heterocycles. The van der Waals surface area contributed by atoms with Gasteiger partial charge in [-0.15, -0.1) is 0 Å². The third-order valence-corrected chi connectivity index (χ3v) is 5.67. The normalized spacial score (nSPS) is 17.4. The molecule has 1 aliphatic carbocycles. The highest BCUT2D eigenvalue weighted by Crippen LogP contribution is 2.34. The van der Waals surface area contributed by atoms with Crippen LogP contribution < -0.4 is 15.0 Å². The molecule has 0 bridgehead atoms. The number of ether oxygens (including phenoxy) is 1. The summed E-state index contributed by atoms with van der Waals surface area (Å²) < 4.78 is 5.25. The zero-order chi connectivity index (χ0) is 22.3. The first-order chi connectivity index (χ1) is 15.7. The monoisotopic (exact) mass is 426 g/mol. The van der Waals surface area contributed by atoms with Crippen molar-refractivity contribution in [1.82, 2.24) is 0 Å². The van der Waals surface area contributed by atoms with Gasteiger partial charge in [-0.2, -0.15) is 0 Å². The maximum atomic E-state index is 13.9. The molecule has 2 unspecified atom stereocenters. The number of para-hydroxylation sites is 2. The average Bonchev–Trinajstić information content (AvgIpc) is 2.85. The van der Waals surface area contributed by atoms with Gasteiger partial charge in [-0.1, -0.05) is 54.6 Å². The first kappa shape index (κ1) is 21.4. The van der Waals surface area contributed by atoms with E-state index in [2.05, 4.69) is 5.32 Å². The van der Waals surface area contributed by atoms with E-state index in [4.69, 9.17) is 4.74 Å². The lowest BCUT2D eigenvalue weighted by atomic mass is 9.81. The van der Waals surface area contributed by atoms with Gasteiger partial charge in [0.2, 0.25) is 11.8 Å². The summed E-state index contributed by atoms with van der Waals surface area (Å²) in [5.41, 5.74) is 2.22. The molecule has 1 aliphatic rings. The molecule has 3 aromatic rings. The van der Waals surface area contributed by atoms with Gasteiger partial charge in [0.1, 0.15) is 5.75 Å². The maximum Gasteiger partial charge on any atom is 0.235 e. The van der Waals surface area contributed by atoms with Crippen LogP contribution in [0.2, 0.25) is 0 Å². The molecule has 0 saturated carbocycles. The molecule has 0 spiro atoms. The van der Waals surface area contributed by atoms with Crippen LogP contribution in [0.5, 0.6) is 5.75 Å². The predicted octanol–water partition coefficient (Wildman–Crippen LogP) is 5.58. The SMILES string of the molecule is COc1cccc(NC(=O)C2CC=CCC2C(=O)N(c2ccccc2)c2ccccc2)c1. The largest absolute Gasteiger partial charge is 0.497 e. The van der Waals surface area contributed by atoms with Crippen molar-refractivity contribution in [2.75, 3.05) is 17.3 Å². The van der Waals surface area contributed by atoms with E-state index >= 15 is 0 Å². The van der Waals surface area contributed by atoms with Gasteiger partial charge in [0.15, 0.2) is 0 Å². The van der Waals surface area contributed by atoms with Crippen molar-refractivity contribution in [1.29, 1.82) is 0 Å². The Labute approximate surface area is 188 Å². The second-order valence-electron chi connectivity index (χ2n) is 7.72. The molecule has 4 rings (SSSR count). The minimum absolute atomic E-state index is 0.0856. The molecular formula is C27H26N2O3. The van der Waals surface area contributed by atoms with Crippen LogP contribution in [0, 0.1) is 11.8 Å². The van der Waals surface area contributed by atoms with E-state index in [0.29, 0.717) is 24.3 Å². The third-order valence-electron chi connectivity index (χ3n) is 5.67. The fourth-order valence-electron chi connectivity index (χ4n) is 4.04. The summed E-state index contributed by atoms with van der Waals surface area (Å²) in [4.78, 5) is 28.8. The quantitative estimate of drug-likeness (QED) is 0.524. The molecule has 32 heavy (non-hydrogen) atoms. The van der Waals surface area contributed by atoms with Gasteiger partial charge < -0.3 is 10.1 Å². The van der Waals surface area contributed by atoms with Gasteiger partial charge in [0.25, 0.3) is 0 Å². The number of carbonyl (C=O) groups excluding carboxylic acids is 2. The summed E-state index contributed by atoms with van der Waals surface area (Å²) in [5.74, 6) is -0.516. The molecule has 162 valence electrons. The second-order valence-corrected chi connectivity index (χ2v) is 7.72. The first-order valence-corrected chi connectivity index (χ1v) is 10.7. The summed E-state index contributed by atoms with van der Waals surface area (Å²) in [6.07, 6.45) is 5.01. The Bertz CT molecular complexity index is 1060. The summed E-state index contributed by atoms with van der Waals surface area (Å²) >= 11 is 0. The number of allylic oxidation sites excluding steroid dienone is 2. The van der Waals surface area contributed by atoms with Crippen LogP contribution in [-0.2, 0) is 9.59 Å². The Morgan fingerprint density at radius 3 is 2.00 bits per heavy atom. The van der Waals surface area contributed by atoms with Crippen LogP contribution in [0.1, 0.15) is 12.8 Å². The van der Waals surface area contributed by atoms with Crippen molar-refractivity contribution in [2.45, 2.75) is 12.8 Å². The molecule has 3 aromatic carbocycles. The molecule has 5 nitrogen and oxygen atoms in total. The van der Waals surface area contributed by atoms with Crippen LogP contribution in [0.4, 0.5) is 17.1 Å². The van der Waals surface area contributed by atoms with Crippen molar-refractivity contribution in [3.05, 3.63) is 97.1 Å². The van der Waals surface area contributed by atoms with Crippen molar-refractivity contribution in [3.63, 3.8) is 0 Å². The molecule has 1 N–H and O–H groups in total. The smallest absolute Gasteiger partial charge is 0.235 e. The zero-order valence-electron chi connectivity index (χ0n) is 18.0. The fraction of sp³-hybridized carbons (Fsp3) is 0.185. The molecule has 0 aliphatic heterocycles. The number of nitrogens with zero attached hydrogens (tertiary/aromatic N) is 1. The molecule has 0 radical (unpaired) electrons. The highest BCUT2D eigenvalue weighted by molar-refractivity contribution is 6.05. The first-order valence-electron chi connectivity index (χ1n) is 10.7. The molecule has 0 heterocycles. The lowest BCUT2D eigenvalue weighted by Gasteiger charge is -2.32. The Morgan fingerprint density at radius 1 is 0.812 bits per heavy atom. The number of rotatable bonds is 6. The van der Waals surface area contributed by atoms with Crippen LogP contribution in [-0.4, -0.2) is 18.9 Å². The number of amides is 2. The number of benzene rings is 3. The number of methoxy groups -OCH3 is 1. The van der Waals surface area contributed by atoms with E-state index in [1.165, 1.54) is 0 Å². The van der Waals surface area contributed by atoms with Crippen molar-refractivity contribution in [2.24, 2.45) is 11.8 Å². The maximum absolute atomic E-state index is 13.9. The summed E-state index contributed by atoms with van der Waals surface area (Å²) in [5, 5.41) is 2.97. The fourth-order valence-corrected chi connectivity index (χ4v) is 4.04. The van der Waals surface area contributed by atoms with Crippen molar-refractivity contribution in [3.8, 4) is 5.75 Å². The minimum Gasteiger partial charge on any atom is -0.497 e. The van der Waals surface area contributed by atoms with E-state index in [-0.39, 0.29) is 11.8 Å². The lowest BCUT2D eigenvalue weighted by molar-refractivity contribution is -0.130. The van der Waals surface area contributed by atoms with E-state index in [0.717, 1.165) is 11.4 Å². The standard InChI is InChI=1S/C27H26N2O3/c1-32-23-16-10-11-20(19-23)28-26(30)24-17-8-9-18-25(24)27(31)29(21-12-4-2-5-13-21)22-14-6-3-7-15-22/h2-16,19,24-25H,17-18H2,1H3,(H,28,30). The van der Waals surface area contributed by atoms with Gasteiger partial charge in [0.05, 0.1) is 18.9 Å². The summed E-state index contributed by atoms with van der Waals surface area (Å²) in [6.45, 7) is 0. The van der Waals surface area contributed by atoms with Gasteiger partial charge in [-0.3, -0.25) is 14.5 Å². The van der Waals surface area contributed by atoms with Crippen molar-refractivity contribution < 1.29 is 14.3 Å². The summed E-state index contributed by atoms with van der Waals surface area (Å²) in [7, 11) is 1.59. The third kappa shape index (κ3) is 4.72. The van der Waals surface area contributed by atoms with Gasteiger partial charge in [0, 0.05) is 23.1 Å². The van der Waals surface area contributed by atoms with E-state index in [1.54, 1.807) is 18.1 Å². The molecule has 2 atom stereocenters. The Hall–Kier alpha value is -3.86. The lowest BCUT2D eigenvalue weighted by Crippen LogP contribution is -2.41. The van der Waals surface area contributed by atoms with Crippen molar-refractivity contribution >= 4 is 28.9 Å². The topological polar surface area (TPSA) is 58.6 Å². The van der Waals surface area contributed by atoms with Gasteiger partial charge >= 0.3 is 0 Å². The molecule has 0 fully saturated rings. The van der Waals surface area contributed by atoms with E-state index in [1.807, 2.05) is 91.0 Å². The van der Waals surface area contributed by atoms with Crippen LogP contribution in [0.15, 0.2) is 97.1 Å². The number of nitrogens with one attached hydrogen (secondary N) is 1. The van der Waals surface area contributed by atoms with Gasteiger partial charge in [-0.05, 0) is 49.2 Å².